The smallest absolute Gasteiger partial charge is 0.262 e. The molecule has 5 rings (SSSR count). The standard InChI is InChI=1S/C27H22N4O3S/c1-30-16-15-28-27(30)35-20-13-11-19(12-14-20)29-24(32)23(17-18-7-3-2-4-8-18)31-25(33)21-9-5-6-10-22(21)26(31)34/h2-16,23H,17H2,1H3,(H,29,32). The molecule has 1 aliphatic heterocycles. The maximum absolute atomic E-state index is 13.5. The Morgan fingerprint density at radius 3 is 2.14 bits per heavy atom. The van der Waals surface area contributed by atoms with Gasteiger partial charge in [0.15, 0.2) is 5.16 Å². The molecule has 0 aliphatic carbocycles. The van der Waals surface area contributed by atoms with Crippen molar-refractivity contribution in [3.8, 4) is 0 Å². The highest BCUT2D eigenvalue weighted by Crippen LogP contribution is 2.28. The predicted octanol–water partition coefficient (Wildman–Crippen LogP) is 4.42. The fourth-order valence-electron chi connectivity index (χ4n) is 4.02. The second kappa shape index (κ2) is 9.60. The van der Waals surface area contributed by atoms with Gasteiger partial charge in [-0.15, -0.1) is 0 Å². The van der Waals surface area contributed by atoms with Crippen LogP contribution in [0.1, 0.15) is 26.3 Å². The molecule has 1 atom stereocenters. The highest BCUT2D eigenvalue weighted by molar-refractivity contribution is 7.99. The zero-order valence-electron chi connectivity index (χ0n) is 18.9. The van der Waals surface area contributed by atoms with Crippen LogP contribution in [0.25, 0.3) is 0 Å². The second-order valence-corrected chi connectivity index (χ2v) is 9.21. The van der Waals surface area contributed by atoms with Crippen molar-refractivity contribution >= 4 is 35.2 Å². The molecule has 2 heterocycles. The third-order valence-electron chi connectivity index (χ3n) is 5.82. The Kier molecular flexibility index (Phi) is 6.20. The monoisotopic (exact) mass is 482 g/mol. The minimum absolute atomic E-state index is 0.214. The van der Waals surface area contributed by atoms with E-state index in [0.717, 1.165) is 20.5 Å². The third-order valence-corrected chi connectivity index (χ3v) is 6.90. The van der Waals surface area contributed by atoms with Gasteiger partial charge < -0.3 is 9.88 Å². The van der Waals surface area contributed by atoms with Crippen molar-refractivity contribution in [2.75, 3.05) is 5.32 Å². The normalized spacial score (nSPS) is 13.6. The number of nitrogens with zero attached hydrogens (tertiary/aromatic N) is 3. The minimum Gasteiger partial charge on any atom is -0.329 e. The van der Waals surface area contributed by atoms with Crippen LogP contribution in [0.2, 0.25) is 0 Å². The minimum atomic E-state index is -0.994. The summed E-state index contributed by atoms with van der Waals surface area (Å²) in [5.41, 5.74) is 2.07. The van der Waals surface area contributed by atoms with E-state index in [1.807, 2.05) is 60.3 Å². The van der Waals surface area contributed by atoms with Gasteiger partial charge in [0.1, 0.15) is 6.04 Å². The van der Waals surface area contributed by atoms with Crippen molar-refractivity contribution in [1.82, 2.24) is 14.5 Å². The van der Waals surface area contributed by atoms with Gasteiger partial charge in [0.25, 0.3) is 11.8 Å². The average molecular weight is 483 g/mol. The molecule has 0 radical (unpaired) electrons. The quantitative estimate of drug-likeness (QED) is 0.394. The van der Waals surface area contributed by atoms with Crippen molar-refractivity contribution in [3.05, 3.63) is 108 Å². The lowest BCUT2D eigenvalue weighted by molar-refractivity contribution is -0.119. The van der Waals surface area contributed by atoms with Crippen molar-refractivity contribution in [2.45, 2.75) is 22.5 Å². The molecule has 7 nitrogen and oxygen atoms in total. The van der Waals surface area contributed by atoms with Gasteiger partial charge in [-0.2, -0.15) is 0 Å². The van der Waals surface area contributed by atoms with E-state index in [4.69, 9.17) is 0 Å². The number of aryl methyl sites for hydroxylation is 1. The molecule has 1 N–H and O–H groups in total. The maximum atomic E-state index is 13.5. The zero-order chi connectivity index (χ0) is 24.4. The lowest BCUT2D eigenvalue weighted by Crippen LogP contribution is -2.48. The number of carbonyl (C=O) groups excluding carboxylic acids is 3. The SMILES string of the molecule is Cn1ccnc1Sc1ccc(NC(=O)C(Cc2ccccc2)N2C(=O)c3ccccc3C2=O)cc1. The molecule has 174 valence electrons. The van der Waals surface area contributed by atoms with Crippen LogP contribution in [0.4, 0.5) is 5.69 Å². The Hall–Kier alpha value is -4.17. The lowest BCUT2D eigenvalue weighted by Gasteiger charge is -2.25. The molecule has 1 aromatic heterocycles. The summed E-state index contributed by atoms with van der Waals surface area (Å²) in [6.45, 7) is 0. The second-order valence-electron chi connectivity index (χ2n) is 8.17. The summed E-state index contributed by atoms with van der Waals surface area (Å²) in [6.07, 6.45) is 3.83. The molecule has 4 aromatic rings. The van der Waals surface area contributed by atoms with E-state index in [1.54, 1.807) is 42.6 Å². The van der Waals surface area contributed by atoms with Crippen LogP contribution in [0, 0.1) is 0 Å². The Labute approximate surface area is 206 Å². The zero-order valence-corrected chi connectivity index (χ0v) is 19.7. The van der Waals surface area contributed by atoms with E-state index < -0.39 is 23.8 Å². The molecule has 3 aromatic carbocycles. The van der Waals surface area contributed by atoms with Crippen molar-refractivity contribution in [2.24, 2.45) is 7.05 Å². The van der Waals surface area contributed by atoms with Gasteiger partial charge in [-0.05, 0) is 42.0 Å². The number of hydrogen-bond donors (Lipinski definition) is 1. The van der Waals surface area contributed by atoms with E-state index in [1.165, 1.54) is 11.8 Å². The van der Waals surface area contributed by atoms with E-state index in [9.17, 15) is 14.4 Å². The van der Waals surface area contributed by atoms with Crippen LogP contribution in [0.3, 0.4) is 0 Å². The molecule has 0 bridgehead atoms. The molecule has 35 heavy (non-hydrogen) atoms. The summed E-state index contributed by atoms with van der Waals surface area (Å²) >= 11 is 1.51. The van der Waals surface area contributed by atoms with Gasteiger partial charge in [-0.1, -0.05) is 54.2 Å². The third kappa shape index (κ3) is 4.61. The Bertz CT molecular complexity index is 1360. The molecule has 0 spiro atoms. The number of fused-ring (bicyclic) bond motifs is 1. The number of rotatable bonds is 7. The van der Waals surface area contributed by atoms with Crippen molar-refractivity contribution < 1.29 is 14.4 Å². The molecule has 0 saturated carbocycles. The molecule has 3 amide bonds. The predicted molar refractivity (Wildman–Crippen MR) is 133 cm³/mol. The number of aromatic nitrogens is 2. The van der Waals surface area contributed by atoms with Gasteiger partial charge in [0, 0.05) is 36.4 Å². The fourth-order valence-corrected chi connectivity index (χ4v) is 4.82. The van der Waals surface area contributed by atoms with E-state index in [0.29, 0.717) is 16.8 Å². The summed E-state index contributed by atoms with van der Waals surface area (Å²) in [7, 11) is 1.93. The van der Waals surface area contributed by atoms with Gasteiger partial charge in [-0.3, -0.25) is 19.3 Å². The highest BCUT2D eigenvalue weighted by atomic mass is 32.2. The molecule has 1 unspecified atom stereocenters. The Morgan fingerprint density at radius 2 is 1.54 bits per heavy atom. The van der Waals surface area contributed by atoms with E-state index in [2.05, 4.69) is 10.3 Å². The number of imide groups is 1. The first-order valence-corrected chi connectivity index (χ1v) is 11.9. The highest BCUT2D eigenvalue weighted by Gasteiger charge is 2.42. The van der Waals surface area contributed by atoms with Crippen LogP contribution >= 0.6 is 11.8 Å². The molecule has 8 heteroatoms. The first kappa shape index (κ1) is 22.6. The topological polar surface area (TPSA) is 84.3 Å². The average Bonchev–Trinajstić information content (AvgIpc) is 3.39. The number of hydrogen-bond acceptors (Lipinski definition) is 5. The summed E-state index contributed by atoms with van der Waals surface area (Å²) in [4.78, 5) is 46.1. The summed E-state index contributed by atoms with van der Waals surface area (Å²) in [5, 5.41) is 3.75. The number of amides is 3. The summed E-state index contributed by atoms with van der Waals surface area (Å²) < 4.78 is 1.93. The molecular formula is C27H22N4O3S. The number of carbonyl (C=O) groups is 3. The first-order valence-electron chi connectivity index (χ1n) is 11.1. The maximum Gasteiger partial charge on any atom is 0.262 e. The van der Waals surface area contributed by atoms with Gasteiger partial charge in [0.05, 0.1) is 11.1 Å². The lowest BCUT2D eigenvalue weighted by atomic mass is 10.0. The van der Waals surface area contributed by atoms with E-state index in [-0.39, 0.29) is 6.42 Å². The number of imidazole rings is 1. The number of benzene rings is 3. The molecule has 1 aliphatic rings. The van der Waals surface area contributed by atoms with Crippen LogP contribution < -0.4 is 5.32 Å². The number of nitrogens with one attached hydrogen (secondary N) is 1. The molecule has 0 saturated heterocycles. The summed E-state index contributed by atoms with van der Waals surface area (Å²) in [6, 6.07) is 22.4. The van der Waals surface area contributed by atoms with Crippen LogP contribution in [0.5, 0.6) is 0 Å². The number of anilines is 1. The van der Waals surface area contributed by atoms with Crippen LogP contribution in [-0.2, 0) is 18.3 Å². The largest absolute Gasteiger partial charge is 0.329 e. The van der Waals surface area contributed by atoms with Gasteiger partial charge in [0.2, 0.25) is 5.91 Å². The van der Waals surface area contributed by atoms with E-state index >= 15 is 0 Å². The molecule has 0 fully saturated rings. The van der Waals surface area contributed by atoms with Gasteiger partial charge in [-0.25, -0.2) is 4.98 Å². The van der Waals surface area contributed by atoms with Crippen molar-refractivity contribution in [1.29, 1.82) is 0 Å². The Balaban J connectivity index is 1.38. The first-order chi connectivity index (χ1) is 17.0. The van der Waals surface area contributed by atoms with Crippen LogP contribution in [-0.4, -0.2) is 38.2 Å². The Morgan fingerprint density at radius 1 is 0.914 bits per heavy atom. The van der Waals surface area contributed by atoms with Crippen molar-refractivity contribution in [3.63, 3.8) is 0 Å². The van der Waals surface area contributed by atoms with Gasteiger partial charge >= 0.3 is 0 Å². The summed E-state index contributed by atoms with van der Waals surface area (Å²) in [5.74, 6) is -1.33. The molecular weight excluding hydrogens is 460 g/mol. The van der Waals surface area contributed by atoms with Crippen LogP contribution in [0.15, 0.2) is 101 Å². The fraction of sp³-hybridized carbons (Fsp3) is 0.111.